The van der Waals surface area contributed by atoms with Crippen LogP contribution in [0.3, 0.4) is 0 Å². The summed E-state index contributed by atoms with van der Waals surface area (Å²) in [5.41, 5.74) is 0.253. The number of hydrogen-bond donors (Lipinski definition) is 1. The van der Waals surface area contributed by atoms with E-state index in [0.717, 1.165) is 27.0 Å². The monoisotopic (exact) mass is 528 g/mol. The first kappa shape index (κ1) is 23.3. The van der Waals surface area contributed by atoms with Crippen molar-refractivity contribution in [1.82, 2.24) is 4.31 Å². The highest BCUT2D eigenvalue weighted by atomic mass is 79.9. The number of rotatable bonds is 7. The topological polar surface area (TPSA) is 66.5 Å². The zero-order chi connectivity index (χ0) is 22.6. The third-order valence-electron chi connectivity index (χ3n) is 4.25. The molecule has 31 heavy (non-hydrogen) atoms. The van der Waals surface area contributed by atoms with Crippen LogP contribution in [0.5, 0.6) is 0 Å². The van der Waals surface area contributed by atoms with E-state index in [4.69, 9.17) is 11.6 Å². The predicted octanol–water partition coefficient (Wildman–Crippen LogP) is 5.21. The molecule has 3 aromatic rings. The lowest BCUT2D eigenvalue weighted by atomic mass is 10.2. The highest BCUT2D eigenvalue weighted by Crippen LogP contribution is 2.22. The maximum absolute atomic E-state index is 13.9. The van der Waals surface area contributed by atoms with Gasteiger partial charge >= 0.3 is 0 Å². The summed E-state index contributed by atoms with van der Waals surface area (Å²) in [4.78, 5) is 12.5. The zero-order valence-corrected chi connectivity index (χ0v) is 19.0. The van der Waals surface area contributed by atoms with Crippen molar-refractivity contribution in [2.45, 2.75) is 11.4 Å². The van der Waals surface area contributed by atoms with Gasteiger partial charge in [-0.1, -0.05) is 39.7 Å². The minimum absolute atomic E-state index is 0.0567. The van der Waals surface area contributed by atoms with Gasteiger partial charge in [-0.3, -0.25) is 4.79 Å². The molecule has 0 aromatic heterocycles. The van der Waals surface area contributed by atoms with Gasteiger partial charge in [-0.05, 0) is 54.1 Å². The Morgan fingerprint density at radius 2 is 1.65 bits per heavy atom. The Hall–Kier alpha value is -2.33. The van der Waals surface area contributed by atoms with E-state index in [1.807, 2.05) is 0 Å². The van der Waals surface area contributed by atoms with Crippen molar-refractivity contribution in [2.75, 3.05) is 11.9 Å². The number of carbonyl (C=O) groups is 1. The van der Waals surface area contributed by atoms with E-state index in [1.54, 1.807) is 24.3 Å². The summed E-state index contributed by atoms with van der Waals surface area (Å²) >= 11 is 9.15. The largest absolute Gasteiger partial charge is 0.322 e. The summed E-state index contributed by atoms with van der Waals surface area (Å²) in [7, 11) is -4.10. The lowest BCUT2D eigenvalue weighted by Gasteiger charge is -2.22. The van der Waals surface area contributed by atoms with Crippen LogP contribution in [0.15, 0.2) is 76.1 Å². The Balaban J connectivity index is 1.89. The number of carbonyl (C=O) groups excluding carboxylic acids is 1. The average molecular weight is 530 g/mol. The van der Waals surface area contributed by atoms with Crippen molar-refractivity contribution < 1.29 is 22.0 Å². The van der Waals surface area contributed by atoms with Crippen molar-refractivity contribution in [1.29, 1.82) is 0 Å². The number of benzene rings is 3. The van der Waals surface area contributed by atoms with Crippen molar-refractivity contribution in [3.63, 3.8) is 0 Å². The van der Waals surface area contributed by atoms with Gasteiger partial charge in [0, 0.05) is 22.1 Å². The van der Waals surface area contributed by atoms with Crippen molar-refractivity contribution in [2.24, 2.45) is 0 Å². The fraction of sp³-hybridized carbons (Fsp3) is 0.0952. The van der Waals surface area contributed by atoms with Crippen LogP contribution in [0.2, 0.25) is 5.02 Å². The fourth-order valence-electron chi connectivity index (χ4n) is 2.72. The maximum Gasteiger partial charge on any atom is 0.243 e. The molecule has 3 aromatic carbocycles. The number of halogens is 4. The lowest BCUT2D eigenvalue weighted by Crippen LogP contribution is -2.37. The van der Waals surface area contributed by atoms with E-state index in [0.29, 0.717) is 10.6 Å². The third-order valence-corrected chi connectivity index (χ3v) is 6.83. The second kappa shape index (κ2) is 9.86. The third kappa shape index (κ3) is 6.10. The molecule has 0 heterocycles. The van der Waals surface area contributed by atoms with E-state index in [1.165, 1.54) is 24.3 Å². The molecule has 0 saturated heterocycles. The molecule has 0 radical (unpaired) electrons. The van der Waals surface area contributed by atoms with Crippen LogP contribution in [-0.2, 0) is 21.4 Å². The number of anilines is 1. The van der Waals surface area contributed by atoms with Gasteiger partial charge in [0.2, 0.25) is 15.9 Å². The van der Waals surface area contributed by atoms with Gasteiger partial charge in [-0.15, -0.1) is 0 Å². The molecule has 162 valence electrons. The number of hydrogen-bond acceptors (Lipinski definition) is 3. The van der Waals surface area contributed by atoms with E-state index < -0.39 is 34.1 Å². The van der Waals surface area contributed by atoms with E-state index >= 15 is 0 Å². The first-order valence-corrected chi connectivity index (χ1v) is 11.5. The van der Waals surface area contributed by atoms with Gasteiger partial charge in [0.25, 0.3) is 0 Å². The highest BCUT2D eigenvalue weighted by molar-refractivity contribution is 9.10. The SMILES string of the molecule is O=C(CN(Cc1ccc(Br)cc1)S(=O)(=O)c1ccc(Cl)cc1)Nc1cc(F)ccc1F. The highest BCUT2D eigenvalue weighted by Gasteiger charge is 2.27. The molecule has 1 N–H and O–H groups in total. The van der Waals surface area contributed by atoms with Crippen LogP contribution in [0, 0.1) is 11.6 Å². The van der Waals surface area contributed by atoms with Gasteiger partial charge < -0.3 is 5.32 Å². The normalized spacial score (nSPS) is 11.5. The number of sulfonamides is 1. The first-order chi connectivity index (χ1) is 14.6. The standard InChI is InChI=1S/C21H16BrClF2N2O3S/c22-15-3-1-14(2-4-15)12-27(31(29,30)18-8-5-16(23)6-9-18)13-21(28)26-20-11-17(24)7-10-19(20)25/h1-11H,12-13H2,(H,26,28). The molecule has 0 aliphatic rings. The molecular weight excluding hydrogens is 514 g/mol. The van der Waals surface area contributed by atoms with Crippen molar-refractivity contribution in [3.05, 3.63) is 93.4 Å². The van der Waals surface area contributed by atoms with Crippen LogP contribution in [-0.4, -0.2) is 25.2 Å². The summed E-state index contributed by atoms with van der Waals surface area (Å²) in [6.45, 7) is -0.728. The minimum Gasteiger partial charge on any atom is -0.322 e. The van der Waals surface area contributed by atoms with Gasteiger partial charge in [0.15, 0.2) is 0 Å². The van der Waals surface area contributed by atoms with Gasteiger partial charge in [-0.25, -0.2) is 17.2 Å². The van der Waals surface area contributed by atoms with Gasteiger partial charge in [0.1, 0.15) is 11.6 Å². The summed E-state index contributed by atoms with van der Waals surface area (Å²) in [6, 6.07) is 15.0. The molecule has 0 fully saturated rings. The molecule has 0 atom stereocenters. The summed E-state index contributed by atoms with van der Waals surface area (Å²) in [5, 5.41) is 2.58. The Bertz CT molecular complexity index is 1190. The lowest BCUT2D eigenvalue weighted by molar-refractivity contribution is -0.116. The molecule has 0 spiro atoms. The second-order valence-corrected chi connectivity index (χ2v) is 9.82. The van der Waals surface area contributed by atoms with E-state index in [-0.39, 0.29) is 17.1 Å². The van der Waals surface area contributed by atoms with E-state index in [9.17, 15) is 22.0 Å². The Morgan fingerprint density at radius 3 is 2.29 bits per heavy atom. The smallest absolute Gasteiger partial charge is 0.243 e. The summed E-state index contributed by atoms with van der Waals surface area (Å²) < 4.78 is 55.4. The van der Waals surface area contributed by atoms with Crippen molar-refractivity contribution in [3.8, 4) is 0 Å². The molecule has 10 heteroatoms. The Labute approximate surface area is 191 Å². The maximum atomic E-state index is 13.9. The fourth-order valence-corrected chi connectivity index (χ4v) is 4.49. The van der Waals surface area contributed by atoms with Crippen LogP contribution in [0.4, 0.5) is 14.5 Å². The molecule has 3 rings (SSSR count). The van der Waals surface area contributed by atoms with Crippen LogP contribution < -0.4 is 5.32 Å². The number of amides is 1. The van der Waals surface area contributed by atoms with E-state index in [2.05, 4.69) is 21.2 Å². The molecule has 5 nitrogen and oxygen atoms in total. The predicted molar refractivity (Wildman–Crippen MR) is 118 cm³/mol. The van der Waals surface area contributed by atoms with Crippen LogP contribution in [0.1, 0.15) is 5.56 Å². The Kier molecular flexibility index (Phi) is 7.42. The molecule has 0 unspecified atom stereocenters. The molecule has 0 saturated carbocycles. The average Bonchev–Trinajstić information content (AvgIpc) is 2.72. The second-order valence-electron chi connectivity index (χ2n) is 6.53. The molecule has 0 aliphatic carbocycles. The van der Waals surface area contributed by atoms with Crippen LogP contribution >= 0.6 is 27.5 Å². The first-order valence-electron chi connectivity index (χ1n) is 8.90. The van der Waals surface area contributed by atoms with Gasteiger partial charge in [-0.2, -0.15) is 4.31 Å². The Morgan fingerprint density at radius 1 is 1.00 bits per heavy atom. The summed E-state index contributed by atoms with van der Waals surface area (Å²) in [5.74, 6) is -2.40. The molecule has 1 amide bonds. The molecule has 0 bridgehead atoms. The van der Waals surface area contributed by atoms with Crippen LogP contribution in [0.25, 0.3) is 0 Å². The van der Waals surface area contributed by atoms with Crippen molar-refractivity contribution >= 4 is 49.1 Å². The van der Waals surface area contributed by atoms with Gasteiger partial charge in [0.05, 0.1) is 17.1 Å². The minimum atomic E-state index is -4.10. The zero-order valence-electron chi connectivity index (χ0n) is 15.9. The number of nitrogens with zero attached hydrogens (tertiary/aromatic N) is 1. The molecular formula is C21H16BrClF2N2O3S. The quantitative estimate of drug-likeness (QED) is 0.457. The summed E-state index contributed by atoms with van der Waals surface area (Å²) in [6.07, 6.45) is 0. The number of nitrogens with one attached hydrogen (secondary N) is 1. The molecule has 0 aliphatic heterocycles.